The van der Waals surface area contributed by atoms with Gasteiger partial charge in [-0.2, -0.15) is 5.10 Å². The first kappa shape index (κ1) is 19.3. The van der Waals surface area contributed by atoms with Crippen molar-refractivity contribution in [3.63, 3.8) is 0 Å². The number of ether oxygens (including phenoxy) is 1. The van der Waals surface area contributed by atoms with Crippen molar-refractivity contribution in [3.8, 4) is 22.9 Å². The lowest BCUT2D eigenvalue weighted by molar-refractivity contribution is 0.415. The Morgan fingerprint density at radius 2 is 1.85 bits per heavy atom. The molecule has 0 atom stereocenters. The maximum absolute atomic E-state index is 10.3. The molecular weight excluding hydrogens is 476 g/mol. The summed E-state index contributed by atoms with van der Waals surface area (Å²) in [6.07, 6.45) is 1.68. The van der Waals surface area contributed by atoms with Crippen LogP contribution in [0.2, 0.25) is 0 Å². The standard InChI is InChI=1S/C19H16Br2N4O2/c1-11-7-17(25-22-10-12-3-5-14(27-2)6-4-12)24-19(23-11)15-8-13(20)9-16(21)18(15)26/h3-10,26H,1-2H3,(H,23,24,25). The normalized spacial score (nSPS) is 11.0. The Bertz CT molecular complexity index is 992. The molecule has 0 aliphatic rings. The fourth-order valence-corrected chi connectivity index (χ4v) is 3.57. The van der Waals surface area contributed by atoms with Crippen molar-refractivity contribution in [2.45, 2.75) is 6.92 Å². The molecule has 0 unspecified atom stereocenters. The molecule has 1 heterocycles. The Balaban J connectivity index is 1.84. The van der Waals surface area contributed by atoms with Gasteiger partial charge in [0.05, 0.1) is 23.4 Å². The zero-order valence-corrected chi connectivity index (χ0v) is 17.7. The third-order valence-corrected chi connectivity index (χ3v) is 4.69. The first-order chi connectivity index (χ1) is 13.0. The van der Waals surface area contributed by atoms with Crippen LogP contribution in [0.4, 0.5) is 5.82 Å². The minimum Gasteiger partial charge on any atom is -0.506 e. The summed E-state index contributed by atoms with van der Waals surface area (Å²) in [5.41, 5.74) is 5.09. The Kier molecular flexibility index (Phi) is 6.08. The lowest BCUT2D eigenvalue weighted by atomic mass is 10.2. The van der Waals surface area contributed by atoms with Crippen molar-refractivity contribution >= 4 is 43.9 Å². The van der Waals surface area contributed by atoms with E-state index in [1.165, 1.54) is 0 Å². The van der Waals surface area contributed by atoms with Crippen molar-refractivity contribution in [3.05, 3.63) is 62.7 Å². The van der Waals surface area contributed by atoms with E-state index in [0.29, 0.717) is 21.7 Å². The summed E-state index contributed by atoms with van der Waals surface area (Å²) < 4.78 is 6.50. The van der Waals surface area contributed by atoms with Gasteiger partial charge in [-0.3, -0.25) is 5.43 Å². The molecule has 3 aromatic rings. The average molecular weight is 492 g/mol. The number of phenols is 1. The lowest BCUT2D eigenvalue weighted by Gasteiger charge is -2.09. The molecule has 2 N–H and O–H groups in total. The molecular formula is C19H16Br2N4O2. The van der Waals surface area contributed by atoms with Gasteiger partial charge < -0.3 is 9.84 Å². The molecule has 0 spiro atoms. The predicted molar refractivity (Wildman–Crippen MR) is 113 cm³/mol. The van der Waals surface area contributed by atoms with Gasteiger partial charge in [0.2, 0.25) is 0 Å². The van der Waals surface area contributed by atoms with Crippen molar-refractivity contribution in [2.75, 3.05) is 12.5 Å². The van der Waals surface area contributed by atoms with E-state index in [1.807, 2.05) is 31.2 Å². The molecule has 8 heteroatoms. The van der Waals surface area contributed by atoms with Gasteiger partial charge in [-0.05, 0) is 64.8 Å². The number of phenolic OH excluding ortho intramolecular Hbond substituents is 1. The zero-order valence-electron chi connectivity index (χ0n) is 14.6. The van der Waals surface area contributed by atoms with Crippen molar-refractivity contribution in [1.29, 1.82) is 0 Å². The number of benzene rings is 2. The summed E-state index contributed by atoms with van der Waals surface area (Å²) in [7, 11) is 1.63. The quantitative estimate of drug-likeness (QED) is 0.381. The number of aryl methyl sites for hydroxylation is 1. The van der Waals surface area contributed by atoms with Crippen LogP contribution >= 0.6 is 31.9 Å². The van der Waals surface area contributed by atoms with Crippen LogP contribution in [-0.2, 0) is 0 Å². The van der Waals surface area contributed by atoms with E-state index in [4.69, 9.17) is 4.74 Å². The Labute approximate surface area is 173 Å². The van der Waals surface area contributed by atoms with Crippen molar-refractivity contribution < 1.29 is 9.84 Å². The number of nitrogens with one attached hydrogen (secondary N) is 1. The maximum atomic E-state index is 10.3. The molecule has 3 rings (SSSR count). The number of methoxy groups -OCH3 is 1. The fraction of sp³-hybridized carbons (Fsp3) is 0.105. The highest BCUT2D eigenvalue weighted by molar-refractivity contribution is 9.11. The summed E-state index contributed by atoms with van der Waals surface area (Å²) >= 11 is 6.74. The number of aromatic hydroxyl groups is 1. The van der Waals surface area contributed by atoms with E-state index in [2.05, 4.69) is 52.4 Å². The monoisotopic (exact) mass is 490 g/mol. The van der Waals surface area contributed by atoms with Gasteiger partial charge in [0, 0.05) is 16.2 Å². The second kappa shape index (κ2) is 8.49. The molecule has 27 heavy (non-hydrogen) atoms. The number of hydrazone groups is 1. The van der Waals surface area contributed by atoms with Crippen LogP contribution in [0.15, 0.2) is 56.5 Å². The van der Waals surface area contributed by atoms with E-state index in [-0.39, 0.29) is 5.75 Å². The first-order valence-electron chi connectivity index (χ1n) is 7.93. The van der Waals surface area contributed by atoms with Crippen LogP contribution in [-0.4, -0.2) is 28.4 Å². The van der Waals surface area contributed by atoms with E-state index in [9.17, 15) is 5.11 Å². The van der Waals surface area contributed by atoms with Gasteiger partial charge in [-0.15, -0.1) is 0 Å². The molecule has 138 valence electrons. The third-order valence-electron chi connectivity index (χ3n) is 3.63. The van der Waals surface area contributed by atoms with Crippen LogP contribution in [0.5, 0.6) is 11.5 Å². The zero-order chi connectivity index (χ0) is 19.4. The van der Waals surface area contributed by atoms with E-state index in [1.54, 1.807) is 31.5 Å². The molecule has 0 saturated carbocycles. The molecule has 1 aromatic heterocycles. The van der Waals surface area contributed by atoms with Crippen LogP contribution in [0.1, 0.15) is 11.3 Å². The minimum absolute atomic E-state index is 0.0801. The molecule has 0 aliphatic heterocycles. The average Bonchev–Trinajstić information content (AvgIpc) is 2.65. The molecule has 0 saturated heterocycles. The van der Waals surface area contributed by atoms with Gasteiger partial charge >= 0.3 is 0 Å². The third kappa shape index (κ3) is 4.84. The Hall–Kier alpha value is -2.45. The lowest BCUT2D eigenvalue weighted by Crippen LogP contribution is -1.99. The van der Waals surface area contributed by atoms with Gasteiger partial charge in [-0.25, -0.2) is 9.97 Å². The second-order valence-electron chi connectivity index (χ2n) is 5.65. The molecule has 0 fully saturated rings. The number of halogens is 2. The molecule has 2 aromatic carbocycles. The van der Waals surface area contributed by atoms with Crippen LogP contribution < -0.4 is 10.2 Å². The highest BCUT2D eigenvalue weighted by atomic mass is 79.9. The van der Waals surface area contributed by atoms with E-state index < -0.39 is 0 Å². The van der Waals surface area contributed by atoms with E-state index >= 15 is 0 Å². The van der Waals surface area contributed by atoms with Crippen LogP contribution in [0.3, 0.4) is 0 Å². The second-order valence-corrected chi connectivity index (χ2v) is 7.42. The number of rotatable bonds is 5. The fourth-order valence-electron chi connectivity index (χ4n) is 2.35. The topological polar surface area (TPSA) is 79.6 Å². The van der Waals surface area contributed by atoms with Gasteiger partial charge in [-0.1, -0.05) is 15.9 Å². The largest absolute Gasteiger partial charge is 0.506 e. The number of aromatic nitrogens is 2. The molecule has 0 aliphatic carbocycles. The summed E-state index contributed by atoms with van der Waals surface area (Å²) in [6.45, 7) is 1.85. The highest BCUT2D eigenvalue weighted by Crippen LogP contribution is 2.37. The summed E-state index contributed by atoms with van der Waals surface area (Å²) in [6, 6.07) is 12.8. The van der Waals surface area contributed by atoms with Gasteiger partial charge in [0.15, 0.2) is 11.6 Å². The highest BCUT2D eigenvalue weighted by Gasteiger charge is 2.13. The van der Waals surface area contributed by atoms with Gasteiger partial charge in [0.1, 0.15) is 11.5 Å². The number of hydrogen-bond donors (Lipinski definition) is 2. The summed E-state index contributed by atoms with van der Waals surface area (Å²) in [4.78, 5) is 8.86. The van der Waals surface area contributed by atoms with Crippen LogP contribution in [0, 0.1) is 6.92 Å². The minimum atomic E-state index is 0.0801. The maximum Gasteiger partial charge on any atom is 0.165 e. The number of anilines is 1. The molecule has 6 nitrogen and oxygen atoms in total. The molecule has 0 amide bonds. The summed E-state index contributed by atoms with van der Waals surface area (Å²) in [5.74, 6) is 1.79. The first-order valence-corrected chi connectivity index (χ1v) is 9.52. The number of nitrogens with zero attached hydrogens (tertiary/aromatic N) is 3. The van der Waals surface area contributed by atoms with Crippen molar-refractivity contribution in [2.24, 2.45) is 5.10 Å². The Morgan fingerprint density at radius 1 is 1.11 bits per heavy atom. The molecule has 0 bridgehead atoms. The van der Waals surface area contributed by atoms with Crippen molar-refractivity contribution in [1.82, 2.24) is 9.97 Å². The van der Waals surface area contributed by atoms with Gasteiger partial charge in [0.25, 0.3) is 0 Å². The SMILES string of the molecule is COc1ccc(C=NNc2cc(C)nc(-c3cc(Br)cc(Br)c3O)n2)cc1. The molecule has 0 radical (unpaired) electrons. The van der Waals surface area contributed by atoms with E-state index in [0.717, 1.165) is 21.5 Å². The van der Waals surface area contributed by atoms with Crippen LogP contribution in [0.25, 0.3) is 11.4 Å². The number of hydrogen-bond acceptors (Lipinski definition) is 6. The summed E-state index contributed by atoms with van der Waals surface area (Å²) in [5, 5.41) is 14.5. The predicted octanol–water partition coefficient (Wildman–Crippen LogP) is 5.14. The smallest absolute Gasteiger partial charge is 0.165 e. The Morgan fingerprint density at radius 3 is 2.56 bits per heavy atom.